The molecule has 0 aliphatic heterocycles. The van der Waals surface area contributed by atoms with E-state index in [-0.39, 0.29) is 18.2 Å². The van der Waals surface area contributed by atoms with Gasteiger partial charge in [0.25, 0.3) is 0 Å². The normalized spacial score (nSPS) is 11.7. The van der Waals surface area contributed by atoms with Crippen molar-refractivity contribution in [1.82, 2.24) is 10.2 Å². The van der Waals surface area contributed by atoms with Crippen LogP contribution in [0.15, 0.2) is 78.9 Å². The van der Waals surface area contributed by atoms with E-state index in [1.165, 1.54) is 0 Å². The minimum absolute atomic E-state index is 0.0842. The van der Waals surface area contributed by atoms with E-state index in [4.69, 9.17) is 4.74 Å². The molecule has 0 saturated carbocycles. The minimum Gasteiger partial charge on any atom is -0.497 e. The largest absolute Gasteiger partial charge is 0.497 e. The molecule has 1 atom stereocenters. The number of ether oxygens (including phenoxy) is 1. The van der Waals surface area contributed by atoms with Crippen molar-refractivity contribution in [3.63, 3.8) is 0 Å². The Morgan fingerprint density at radius 1 is 0.886 bits per heavy atom. The topological polar surface area (TPSA) is 58.6 Å². The summed E-state index contributed by atoms with van der Waals surface area (Å²) in [5.41, 5.74) is 4.02. The molecule has 35 heavy (non-hydrogen) atoms. The predicted molar refractivity (Wildman–Crippen MR) is 140 cm³/mol. The maximum absolute atomic E-state index is 13.8. The molecule has 1 unspecified atom stereocenters. The van der Waals surface area contributed by atoms with Crippen LogP contribution >= 0.6 is 0 Å². The van der Waals surface area contributed by atoms with Gasteiger partial charge in [-0.15, -0.1) is 0 Å². The fourth-order valence-electron chi connectivity index (χ4n) is 3.97. The molecule has 0 aromatic heterocycles. The second-order valence-corrected chi connectivity index (χ2v) is 9.32. The molecular weight excluding hydrogens is 436 g/mol. The molecule has 0 radical (unpaired) electrons. The van der Waals surface area contributed by atoms with E-state index in [0.29, 0.717) is 25.4 Å². The lowest BCUT2D eigenvalue weighted by Gasteiger charge is -2.32. The first kappa shape index (κ1) is 26.0. The molecule has 5 nitrogen and oxygen atoms in total. The van der Waals surface area contributed by atoms with Gasteiger partial charge < -0.3 is 15.0 Å². The first-order chi connectivity index (χ1) is 16.9. The van der Waals surface area contributed by atoms with Crippen molar-refractivity contribution in [3.8, 4) is 5.75 Å². The van der Waals surface area contributed by atoms with E-state index >= 15 is 0 Å². The number of hydrogen-bond donors (Lipinski definition) is 1. The van der Waals surface area contributed by atoms with Crippen LogP contribution in [0.2, 0.25) is 0 Å². The van der Waals surface area contributed by atoms with Gasteiger partial charge in [-0.3, -0.25) is 9.59 Å². The quantitative estimate of drug-likeness (QED) is 0.429. The second-order valence-electron chi connectivity index (χ2n) is 9.32. The number of methoxy groups -OCH3 is 1. The highest BCUT2D eigenvalue weighted by atomic mass is 16.5. The number of benzene rings is 3. The first-order valence-electron chi connectivity index (χ1n) is 12.2. The van der Waals surface area contributed by atoms with E-state index in [2.05, 4.69) is 19.2 Å². The molecule has 2 amide bonds. The summed E-state index contributed by atoms with van der Waals surface area (Å²) in [4.78, 5) is 29.0. The number of carbonyl (C=O) groups is 2. The van der Waals surface area contributed by atoms with Gasteiger partial charge in [0, 0.05) is 19.5 Å². The molecular formula is C30H36N2O3. The molecule has 1 N–H and O–H groups in total. The van der Waals surface area contributed by atoms with Gasteiger partial charge in [-0.2, -0.15) is 0 Å². The Hall–Kier alpha value is -3.60. The van der Waals surface area contributed by atoms with E-state index in [1.54, 1.807) is 12.0 Å². The maximum atomic E-state index is 13.8. The van der Waals surface area contributed by atoms with Crippen LogP contribution in [0.25, 0.3) is 0 Å². The predicted octanol–water partition coefficient (Wildman–Crippen LogP) is 4.96. The summed E-state index contributed by atoms with van der Waals surface area (Å²) in [7, 11) is 1.62. The highest BCUT2D eigenvalue weighted by Crippen LogP contribution is 2.19. The van der Waals surface area contributed by atoms with E-state index < -0.39 is 6.04 Å². The van der Waals surface area contributed by atoms with Gasteiger partial charge in [-0.05, 0) is 47.2 Å². The van der Waals surface area contributed by atoms with Crippen molar-refractivity contribution in [2.75, 3.05) is 13.7 Å². The standard InChI is InChI=1S/C30H36N2O3/c1-22(2)20-31-30(34)28(18-24-11-6-5-7-12-24)32(21-26-13-9-8-10-23(26)3)29(33)19-25-14-16-27(35-4)17-15-25/h5-17,22,28H,18-21H2,1-4H3,(H,31,34). The lowest BCUT2D eigenvalue weighted by molar-refractivity contribution is -0.140. The summed E-state index contributed by atoms with van der Waals surface area (Å²) in [6.45, 7) is 7.09. The summed E-state index contributed by atoms with van der Waals surface area (Å²) in [5.74, 6) is 0.849. The van der Waals surface area contributed by atoms with Crippen LogP contribution in [0.5, 0.6) is 5.75 Å². The number of aryl methyl sites for hydroxylation is 1. The molecule has 0 bridgehead atoms. The third-order valence-electron chi connectivity index (χ3n) is 6.07. The van der Waals surface area contributed by atoms with Crippen LogP contribution in [-0.2, 0) is 29.0 Å². The van der Waals surface area contributed by atoms with E-state index in [0.717, 1.165) is 28.0 Å². The molecule has 3 aromatic carbocycles. The van der Waals surface area contributed by atoms with Gasteiger partial charge in [0.1, 0.15) is 11.8 Å². The number of hydrogen-bond acceptors (Lipinski definition) is 3. The van der Waals surface area contributed by atoms with Crippen LogP contribution in [-0.4, -0.2) is 36.4 Å². The zero-order valence-corrected chi connectivity index (χ0v) is 21.2. The van der Waals surface area contributed by atoms with Gasteiger partial charge >= 0.3 is 0 Å². The first-order valence-corrected chi connectivity index (χ1v) is 12.2. The Bertz CT molecular complexity index is 1090. The Balaban J connectivity index is 1.95. The molecule has 184 valence electrons. The third-order valence-corrected chi connectivity index (χ3v) is 6.07. The summed E-state index contributed by atoms with van der Waals surface area (Å²) >= 11 is 0. The zero-order valence-electron chi connectivity index (χ0n) is 21.2. The van der Waals surface area contributed by atoms with Crippen LogP contribution in [0.3, 0.4) is 0 Å². The maximum Gasteiger partial charge on any atom is 0.243 e. The lowest BCUT2D eigenvalue weighted by atomic mass is 10.00. The number of rotatable bonds is 11. The van der Waals surface area contributed by atoms with Crippen molar-refractivity contribution in [2.45, 2.75) is 46.2 Å². The minimum atomic E-state index is -0.624. The van der Waals surface area contributed by atoms with E-state index in [9.17, 15) is 9.59 Å². The van der Waals surface area contributed by atoms with Crippen molar-refractivity contribution in [2.24, 2.45) is 5.92 Å². The van der Waals surface area contributed by atoms with Gasteiger partial charge in [0.05, 0.1) is 13.5 Å². The number of nitrogens with zero attached hydrogens (tertiary/aromatic N) is 1. The third kappa shape index (κ3) is 7.71. The molecule has 3 aromatic rings. The molecule has 5 heteroatoms. The van der Waals surface area contributed by atoms with Crippen molar-refractivity contribution in [3.05, 3.63) is 101 Å². The molecule has 0 fully saturated rings. The monoisotopic (exact) mass is 472 g/mol. The summed E-state index contributed by atoms with van der Waals surface area (Å²) in [6.07, 6.45) is 0.656. The Kier molecular flexibility index (Phi) is 9.47. The van der Waals surface area contributed by atoms with E-state index in [1.807, 2.05) is 85.8 Å². The number of nitrogens with one attached hydrogen (secondary N) is 1. The SMILES string of the molecule is COc1ccc(CC(=O)N(Cc2ccccc2C)C(Cc2ccccc2)C(=O)NCC(C)C)cc1. The Labute approximate surface area is 209 Å². The number of amides is 2. The summed E-state index contributed by atoms with van der Waals surface area (Å²) < 4.78 is 5.25. The van der Waals surface area contributed by atoms with Gasteiger partial charge in [-0.1, -0.05) is 80.6 Å². The molecule has 0 aliphatic rings. The van der Waals surface area contributed by atoms with Gasteiger partial charge in [-0.25, -0.2) is 0 Å². The summed E-state index contributed by atoms with van der Waals surface area (Å²) in [6, 6.07) is 24.8. The highest BCUT2D eigenvalue weighted by molar-refractivity contribution is 5.88. The summed E-state index contributed by atoms with van der Waals surface area (Å²) in [5, 5.41) is 3.07. The average molecular weight is 473 g/mol. The van der Waals surface area contributed by atoms with Gasteiger partial charge in [0.15, 0.2) is 0 Å². The van der Waals surface area contributed by atoms with Crippen molar-refractivity contribution in [1.29, 1.82) is 0 Å². The van der Waals surface area contributed by atoms with Gasteiger partial charge in [0.2, 0.25) is 11.8 Å². The molecule has 0 heterocycles. The van der Waals surface area contributed by atoms with Crippen LogP contribution in [0, 0.1) is 12.8 Å². The average Bonchev–Trinajstić information content (AvgIpc) is 2.86. The highest BCUT2D eigenvalue weighted by Gasteiger charge is 2.30. The molecule has 0 aliphatic carbocycles. The zero-order chi connectivity index (χ0) is 25.2. The van der Waals surface area contributed by atoms with Crippen molar-refractivity contribution >= 4 is 11.8 Å². The fraction of sp³-hybridized carbons (Fsp3) is 0.333. The Morgan fingerprint density at radius 2 is 1.54 bits per heavy atom. The van der Waals surface area contributed by atoms with Crippen molar-refractivity contribution < 1.29 is 14.3 Å². The van der Waals surface area contributed by atoms with Crippen LogP contribution in [0.1, 0.15) is 36.1 Å². The molecule has 0 saturated heterocycles. The molecule has 0 spiro atoms. The number of carbonyl (C=O) groups excluding carboxylic acids is 2. The smallest absolute Gasteiger partial charge is 0.243 e. The lowest BCUT2D eigenvalue weighted by Crippen LogP contribution is -2.51. The Morgan fingerprint density at radius 3 is 2.17 bits per heavy atom. The van der Waals surface area contributed by atoms with Crippen LogP contribution < -0.4 is 10.1 Å². The van der Waals surface area contributed by atoms with Crippen LogP contribution in [0.4, 0.5) is 0 Å². The molecule has 3 rings (SSSR count). The second kappa shape index (κ2) is 12.7. The fourth-order valence-corrected chi connectivity index (χ4v) is 3.97.